The standard InChI is InChI=1S/C29H37N3O5/c1-8-21-14-10-11-15-22(21)25(26(34)30-23-16-12-9-13-20(23)4)32(17-18-33)27(35)24(19(2)3)31-28(36)37-29(5,6)7/h1,9-16,19,24-25,33H,17-18H2,2-7H3,(H,30,34)(H,31,36). The molecule has 2 aromatic carbocycles. The molecule has 0 saturated heterocycles. The Kier molecular flexibility index (Phi) is 10.3. The number of carbonyl (C=O) groups excluding carboxylic acids is 3. The van der Waals surface area contributed by atoms with E-state index in [0.29, 0.717) is 16.8 Å². The van der Waals surface area contributed by atoms with Gasteiger partial charge in [0.15, 0.2) is 0 Å². The number of aliphatic hydroxyl groups is 1. The number of amides is 3. The molecule has 0 aliphatic rings. The summed E-state index contributed by atoms with van der Waals surface area (Å²) in [5.41, 5.74) is 1.52. The van der Waals surface area contributed by atoms with Crippen molar-refractivity contribution < 1.29 is 24.2 Å². The summed E-state index contributed by atoms with van der Waals surface area (Å²) in [6, 6.07) is 11.9. The largest absolute Gasteiger partial charge is 0.444 e. The van der Waals surface area contributed by atoms with E-state index < -0.39 is 42.2 Å². The number of nitrogens with one attached hydrogen (secondary N) is 2. The fraction of sp³-hybridized carbons (Fsp3) is 0.414. The Bertz CT molecular complexity index is 1150. The van der Waals surface area contributed by atoms with Crippen molar-refractivity contribution >= 4 is 23.6 Å². The van der Waals surface area contributed by atoms with Crippen LogP contribution in [-0.2, 0) is 14.3 Å². The highest BCUT2D eigenvalue weighted by molar-refractivity contribution is 5.99. The maximum atomic E-state index is 13.9. The van der Waals surface area contributed by atoms with Gasteiger partial charge in [-0.2, -0.15) is 0 Å². The second-order valence-corrected chi connectivity index (χ2v) is 10.1. The Morgan fingerprint density at radius 2 is 1.70 bits per heavy atom. The number of hydrogen-bond acceptors (Lipinski definition) is 5. The molecule has 0 fully saturated rings. The molecular weight excluding hydrogens is 470 g/mol. The smallest absolute Gasteiger partial charge is 0.408 e. The van der Waals surface area contributed by atoms with Crippen LogP contribution < -0.4 is 10.6 Å². The number of hydrogen-bond donors (Lipinski definition) is 3. The topological polar surface area (TPSA) is 108 Å². The zero-order valence-corrected chi connectivity index (χ0v) is 22.4. The van der Waals surface area contributed by atoms with Crippen molar-refractivity contribution in [2.75, 3.05) is 18.5 Å². The first-order chi connectivity index (χ1) is 17.4. The van der Waals surface area contributed by atoms with Crippen molar-refractivity contribution in [1.82, 2.24) is 10.2 Å². The number of alkyl carbamates (subject to hydrolysis) is 1. The Morgan fingerprint density at radius 1 is 1.08 bits per heavy atom. The number of aliphatic hydroxyl groups excluding tert-OH is 1. The van der Waals surface area contributed by atoms with Crippen LogP contribution in [0.15, 0.2) is 48.5 Å². The molecule has 0 bridgehead atoms. The van der Waals surface area contributed by atoms with E-state index >= 15 is 0 Å². The van der Waals surface area contributed by atoms with Crippen LogP contribution in [0.4, 0.5) is 10.5 Å². The summed E-state index contributed by atoms with van der Waals surface area (Å²) in [6.07, 6.45) is 4.98. The average Bonchev–Trinajstić information content (AvgIpc) is 2.82. The summed E-state index contributed by atoms with van der Waals surface area (Å²) in [6.45, 7) is 10.00. The van der Waals surface area contributed by atoms with Gasteiger partial charge in [-0.05, 0) is 56.9 Å². The van der Waals surface area contributed by atoms with Gasteiger partial charge in [-0.25, -0.2) is 4.79 Å². The van der Waals surface area contributed by atoms with Gasteiger partial charge in [0, 0.05) is 17.8 Å². The summed E-state index contributed by atoms with van der Waals surface area (Å²) in [5.74, 6) is 1.19. The third kappa shape index (κ3) is 8.09. The molecule has 2 rings (SSSR count). The highest BCUT2D eigenvalue weighted by Crippen LogP contribution is 2.28. The van der Waals surface area contributed by atoms with E-state index in [2.05, 4.69) is 16.6 Å². The molecule has 0 aliphatic heterocycles. The molecule has 8 nitrogen and oxygen atoms in total. The molecule has 198 valence electrons. The van der Waals surface area contributed by atoms with Crippen molar-refractivity contribution in [1.29, 1.82) is 0 Å². The third-order valence-corrected chi connectivity index (χ3v) is 5.60. The minimum absolute atomic E-state index is 0.164. The van der Waals surface area contributed by atoms with Gasteiger partial charge in [0.2, 0.25) is 5.91 Å². The molecule has 0 heterocycles. The Morgan fingerprint density at radius 3 is 2.27 bits per heavy atom. The van der Waals surface area contributed by atoms with Gasteiger partial charge in [0.1, 0.15) is 17.7 Å². The lowest BCUT2D eigenvalue weighted by atomic mass is 9.95. The number of para-hydroxylation sites is 1. The number of carbonyl (C=O) groups is 3. The van der Waals surface area contributed by atoms with E-state index in [9.17, 15) is 19.5 Å². The van der Waals surface area contributed by atoms with Crippen LogP contribution in [0.5, 0.6) is 0 Å². The van der Waals surface area contributed by atoms with E-state index in [1.54, 1.807) is 71.0 Å². The minimum atomic E-state index is -1.17. The zero-order valence-electron chi connectivity index (χ0n) is 22.4. The molecule has 2 atom stereocenters. The number of ether oxygens (including phenoxy) is 1. The molecule has 2 unspecified atom stereocenters. The fourth-order valence-corrected chi connectivity index (χ4v) is 3.83. The van der Waals surface area contributed by atoms with Crippen molar-refractivity contribution in [2.24, 2.45) is 5.92 Å². The third-order valence-electron chi connectivity index (χ3n) is 5.60. The van der Waals surface area contributed by atoms with E-state index in [0.717, 1.165) is 5.56 Å². The lowest BCUT2D eigenvalue weighted by molar-refractivity contribution is -0.142. The van der Waals surface area contributed by atoms with Gasteiger partial charge in [-0.15, -0.1) is 6.42 Å². The predicted molar refractivity (Wildman–Crippen MR) is 144 cm³/mol. The average molecular weight is 508 g/mol. The fourth-order valence-electron chi connectivity index (χ4n) is 3.83. The molecule has 0 saturated carbocycles. The highest BCUT2D eigenvalue weighted by Gasteiger charge is 2.38. The number of rotatable bonds is 9. The second-order valence-electron chi connectivity index (χ2n) is 10.1. The van der Waals surface area contributed by atoms with Crippen LogP contribution in [0, 0.1) is 25.2 Å². The number of anilines is 1. The Hall–Kier alpha value is -3.83. The molecule has 0 spiro atoms. The predicted octanol–water partition coefficient (Wildman–Crippen LogP) is 4.03. The van der Waals surface area contributed by atoms with Gasteiger partial charge in [0.25, 0.3) is 5.91 Å². The SMILES string of the molecule is C#Cc1ccccc1C(C(=O)Nc1ccccc1C)N(CCO)C(=O)C(NC(=O)OC(C)(C)C)C(C)C. The Balaban J connectivity index is 2.56. The van der Waals surface area contributed by atoms with Crippen molar-refractivity contribution in [3.8, 4) is 12.3 Å². The van der Waals surface area contributed by atoms with E-state index in [1.807, 2.05) is 19.1 Å². The van der Waals surface area contributed by atoms with Crippen LogP contribution >= 0.6 is 0 Å². The first-order valence-corrected chi connectivity index (χ1v) is 12.2. The number of terminal acetylenes is 1. The number of aryl methyl sites for hydroxylation is 1. The maximum absolute atomic E-state index is 13.9. The van der Waals surface area contributed by atoms with E-state index in [1.165, 1.54) is 4.90 Å². The zero-order chi connectivity index (χ0) is 27.8. The first-order valence-electron chi connectivity index (χ1n) is 12.2. The van der Waals surface area contributed by atoms with Crippen LogP contribution in [-0.4, -0.2) is 52.7 Å². The van der Waals surface area contributed by atoms with Gasteiger partial charge < -0.3 is 25.4 Å². The molecule has 0 radical (unpaired) electrons. The van der Waals surface area contributed by atoms with Gasteiger partial charge in [-0.1, -0.05) is 56.2 Å². The summed E-state index contributed by atoms with van der Waals surface area (Å²) in [5, 5.41) is 15.4. The molecule has 8 heteroatoms. The molecule has 0 aliphatic carbocycles. The van der Waals surface area contributed by atoms with Crippen molar-refractivity contribution in [2.45, 2.75) is 59.2 Å². The van der Waals surface area contributed by atoms with Crippen LogP contribution in [0.25, 0.3) is 0 Å². The minimum Gasteiger partial charge on any atom is -0.444 e. The second kappa shape index (κ2) is 12.9. The van der Waals surface area contributed by atoms with Crippen molar-refractivity contribution in [3.63, 3.8) is 0 Å². The summed E-state index contributed by atoms with van der Waals surface area (Å²) >= 11 is 0. The molecule has 0 aromatic heterocycles. The number of benzene rings is 2. The summed E-state index contributed by atoms with van der Waals surface area (Å²) in [7, 11) is 0. The Labute approximate surface area is 219 Å². The van der Waals surface area contributed by atoms with Crippen molar-refractivity contribution in [3.05, 3.63) is 65.2 Å². The van der Waals surface area contributed by atoms with Crippen LogP contribution in [0.2, 0.25) is 0 Å². The van der Waals surface area contributed by atoms with Crippen LogP contribution in [0.3, 0.4) is 0 Å². The maximum Gasteiger partial charge on any atom is 0.408 e. The van der Waals surface area contributed by atoms with Gasteiger partial charge in [0.05, 0.1) is 6.61 Å². The molecular formula is C29H37N3O5. The monoisotopic (exact) mass is 507 g/mol. The highest BCUT2D eigenvalue weighted by atomic mass is 16.6. The molecule has 3 amide bonds. The summed E-state index contributed by atoms with van der Waals surface area (Å²) < 4.78 is 5.35. The first kappa shape index (κ1) is 29.4. The molecule has 37 heavy (non-hydrogen) atoms. The van der Waals surface area contributed by atoms with E-state index in [-0.39, 0.29) is 12.5 Å². The quantitative estimate of drug-likeness (QED) is 0.444. The lowest BCUT2D eigenvalue weighted by Crippen LogP contribution is -2.55. The van der Waals surface area contributed by atoms with Gasteiger partial charge in [-0.3, -0.25) is 9.59 Å². The molecule has 3 N–H and O–H groups in total. The lowest BCUT2D eigenvalue weighted by Gasteiger charge is -2.35. The number of nitrogens with zero attached hydrogens (tertiary/aromatic N) is 1. The summed E-state index contributed by atoms with van der Waals surface area (Å²) in [4.78, 5) is 41.5. The van der Waals surface area contributed by atoms with E-state index in [4.69, 9.17) is 11.2 Å². The van der Waals surface area contributed by atoms with Gasteiger partial charge >= 0.3 is 6.09 Å². The molecule has 2 aromatic rings. The van der Waals surface area contributed by atoms with Crippen LogP contribution in [0.1, 0.15) is 57.4 Å². The normalized spacial score (nSPS) is 12.7.